The Kier molecular flexibility index (Phi) is 1.79. The highest BCUT2D eigenvalue weighted by Crippen LogP contribution is 2.19. The van der Waals surface area contributed by atoms with Gasteiger partial charge in [0, 0.05) is 5.56 Å². The number of hydrogen-bond acceptors (Lipinski definition) is 5. The lowest BCUT2D eigenvalue weighted by Gasteiger charge is -2.00. The van der Waals surface area contributed by atoms with Crippen LogP contribution in [0, 0.1) is 0 Å². The second-order valence-electron chi connectivity index (χ2n) is 3.29. The molecule has 0 unspecified atom stereocenters. The van der Waals surface area contributed by atoms with Crippen molar-refractivity contribution in [3.8, 4) is 17.0 Å². The fourth-order valence-corrected chi connectivity index (χ4v) is 1.44. The third kappa shape index (κ3) is 1.36. The van der Waals surface area contributed by atoms with E-state index in [0.29, 0.717) is 5.65 Å². The Bertz CT molecular complexity index is 631. The fourth-order valence-electron chi connectivity index (χ4n) is 1.44. The predicted octanol–water partition coefficient (Wildman–Crippen LogP) is 0.892. The number of phenolic OH excluding ortho intramolecular Hbond substituents is 1. The molecule has 16 heavy (non-hydrogen) atoms. The molecular weight excluding hydrogens is 206 g/mol. The number of hydrogen-bond donors (Lipinski definition) is 1. The third-order valence-electron chi connectivity index (χ3n) is 2.23. The molecule has 0 bridgehead atoms. The highest BCUT2D eigenvalue weighted by Gasteiger charge is 2.03. The van der Waals surface area contributed by atoms with Gasteiger partial charge in [-0.05, 0) is 46.8 Å². The Morgan fingerprint density at radius 2 is 1.81 bits per heavy atom. The second-order valence-corrected chi connectivity index (χ2v) is 3.29. The molecule has 2 heterocycles. The zero-order valence-corrected chi connectivity index (χ0v) is 8.15. The van der Waals surface area contributed by atoms with E-state index in [1.807, 2.05) is 6.07 Å². The van der Waals surface area contributed by atoms with Crippen molar-refractivity contribution in [1.29, 1.82) is 0 Å². The van der Waals surface area contributed by atoms with Gasteiger partial charge in [0.2, 0.25) is 0 Å². The smallest absolute Gasteiger partial charge is 0.200 e. The molecule has 0 saturated heterocycles. The second kappa shape index (κ2) is 3.27. The molecule has 1 aromatic carbocycles. The average molecular weight is 213 g/mol. The van der Waals surface area contributed by atoms with E-state index < -0.39 is 0 Å². The van der Waals surface area contributed by atoms with Crippen molar-refractivity contribution in [2.75, 3.05) is 0 Å². The van der Waals surface area contributed by atoms with E-state index in [0.717, 1.165) is 11.3 Å². The largest absolute Gasteiger partial charge is 0.508 e. The molecule has 2 aromatic heterocycles. The van der Waals surface area contributed by atoms with Crippen LogP contribution in [0.3, 0.4) is 0 Å². The number of nitrogens with zero attached hydrogens (tertiary/aromatic N) is 5. The van der Waals surface area contributed by atoms with Crippen LogP contribution >= 0.6 is 0 Å². The lowest BCUT2D eigenvalue weighted by molar-refractivity contribution is 0.475. The SMILES string of the molecule is Oc1ccc(-c2ccc3nnnn3n2)cc1. The van der Waals surface area contributed by atoms with Gasteiger partial charge in [-0.25, -0.2) is 0 Å². The summed E-state index contributed by atoms with van der Waals surface area (Å²) in [6.07, 6.45) is 0. The summed E-state index contributed by atoms with van der Waals surface area (Å²) in [6, 6.07) is 10.4. The van der Waals surface area contributed by atoms with Gasteiger partial charge in [0.15, 0.2) is 5.65 Å². The minimum atomic E-state index is 0.229. The highest BCUT2D eigenvalue weighted by atomic mass is 16.3. The predicted molar refractivity (Wildman–Crippen MR) is 55.7 cm³/mol. The van der Waals surface area contributed by atoms with E-state index in [1.165, 1.54) is 4.63 Å². The summed E-state index contributed by atoms with van der Waals surface area (Å²) in [5, 5.41) is 24.4. The highest BCUT2D eigenvalue weighted by molar-refractivity contribution is 5.60. The lowest BCUT2D eigenvalue weighted by Crippen LogP contribution is -1.95. The molecule has 3 rings (SSSR count). The third-order valence-corrected chi connectivity index (χ3v) is 2.23. The molecule has 0 radical (unpaired) electrons. The van der Waals surface area contributed by atoms with Gasteiger partial charge in [-0.15, -0.1) is 14.8 Å². The van der Waals surface area contributed by atoms with Gasteiger partial charge in [-0.2, -0.15) is 0 Å². The van der Waals surface area contributed by atoms with Crippen molar-refractivity contribution < 1.29 is 5.11 Å². The number of phenols is 1. The zero-order valence-electron chi connectivity index (χ0n) is 8.15. The summed E-state index contributed by atoms with van der Waals surface area (Å²) in [5.41, 5.74) is 2.25. The minimum Gasteiger partial charge on any atom is -0.508 e. The van der Waals surface area contributed by atoms with Crippen LogP contribution in [0.15, 0.2) is 36.4 Å². The van der Waals surface area contributed by atoms with Crippen LogP contribution < -0.4 is 0 Å². The van der Waals surface area contributed by atoms with Gasteiger partial charge in [0.1, 0.15) is 5.75 Å². The van der Waals surface area contributed by atoms with Gasteiger partial charge in [0.25, 0.3) is 0 Å². The number of rotatable bonds is 1. The monoisotopic (exact) mass is 213 g/mol. The first-order valence-electron chi connectivity index (χ1n) is 4.68. The van der Waals surface area contributed by atoms with E-state index in [4.69, 9.17) is 0 Å². The molecule has 78 valence electrons. The first-order chi connectivity index (χ1) is 7.83. The summed E-state index contributed by atoms with van der Waals surface area (Å²) < 4.78 is 1.36. The molecular formula is C10H7N5O. The van der Waals surface area contributed by atoms with Crippen molar-refractivity contribution in [2.24, 2.45) is 0 Å². The molecule has 0 fully saturated rings. The number of aromatic hydroxyl groups is 1. The molecule has 0 aliphatic rings. The number of fused-ring (bicyclic) bond motifs is 1. The zero-order chi connectivity index (χ0) is 11.0. The minimum absolute atomic E-state index is 0.229. The summed E-state index contributed by atoms with van der Waals surface area (Å²) in [5.74, 6) is 0.229. The molecule has 6 nitrogen and oxygen atoms in total. The number of aromatic nitrogens is 5. The van der Waals surface area contributed by atoms with Gasteiger partial charge in [0.05, 0.1) is 5.69 Å². The molecule has 0 saturated carbocycles. The van der Waals surface area contributed by atoms with Crippen LogP contribution in [0.1, 0.15) is 0 Å². The van der Waals surface area contributed by atoms with Gasteiger partial charge >= 0.3 is 0 Å². The molecule has 0 aliphatic carbocycles. The van der Waals surface area contributed by atoms with Crippen LogP contribution in [0.2, 0.25) is 0 Å². The standard InChI is InChI=1S/C10H7N5O/c16-8-3-1-7(2-4-8)9-5-6-10-11-13-14-15(10)12-9/h1-6,16H. The van der Waals surface area contributed by atoms with E-state index >= 15 is 0 Å². The number of tetrazole rings is 1. The summed E-state index contributed by atoms with van der Waals surface area (Å²) >= 11 is 0. The first-order valence-corrected chi connectivity index (χ1v) is 4.68. The Labute approximate surface area is 90.2 Å². The van der Waals surface area contributed by atoms with Crippen LogP contribution in [0.5, 0.6) is 5.75 Å². The maximum absolute atomic E-state index is 9.18. The van der Waals surface area contributed by atoms with Gasteiger partial charge < -0.3 is 5.11 Å². The first kappa shape index (κ1) is 8.78. The topological polar surface area (TPSA) is 76.2 Å². The maximum Gasteiger partial charge on any atom is 0.200 e. The van der Waals surface area contributed by atoms with Crippen molar-refractivity contribution in [3.05, 3.63) is 36.4 Å². The quantitative estimate of drug-likeness (QED) is 0.649. The van der Waals surface area contributed by atoms with E-state index in [9.17, 15) is 5.11 Å². The van der Waals surface area contributed by atoms with Crippen molar-refractivity contribution >= 4 is 5.65 Å². The van der Waals surface area contributed by atoms with E-state index in [-0.39, 0.29) is 5.75 Å². The van der Waals surface area contributed by atoms with E-state index in [2.05, 4.69) is 20.6 Å². The van der Waals surface area contributed by atoms with Crippen LogP contribution in [0.25, 0.3) is 16.9 Å². The van der Waals surface area contributed by atoms with Crippen LogP contribution in [-0.4, -0.2) is 30.4 Å². The Morgan fingerprint density at radius 3 is 2.62 bits per heavy atom. The van der Waals surface area contributed by atoms with Gasteiger partial charge in [-0.1, -0.05) is 0 Å². The molecule has 0 spiro atoms. The Hall–Kier alpha value is -2.50. The Balaban J connectivity index is 2.14. The summed E-state index contributed by atoms with van der Waals surface area (Å²) in [4.78, 5) is 0. The molecule has 0 atom stereocenters. The fraction of sp³-hybridized carbons (Fsp3) is 0. The van der Waals surface area contributed by atoms with Crippen LogP contribution in [0.4, 0.5) is 0 Å². The van der Waals surface area contributed by atoms with Gasteiger partial charge in [-0.3, -0.25) is 0 Å². The van der Waals surface area contributed by atoms with E-state index in [1.54, 1.807) is 30.3 Å². The molecule has 0 amide bonds. The average Bonchev–Trinajstić information content (AvgIpc) is 2.77. The van der Waals surface area contributed by atoms with Crippen molar-refractivity contribution in [1.82, 2.24) is 25.3 Å². The molecule has 1 N–H and O–H groups in total. The molecule has 0 aliphatic heterocycles. The van der Waals surface area contributed by atoms with Crippen LogP contribution in [-0.2, 0) is 0 Å². The maximum atomic E-state index is 9.18. The lowest BCUT2D eigenvalue weighted by atomic mass is 10.1. The Morgan fingerprint density at radius 1 is 1.00 bits per heavy atom. The van der Waals surface area contributed by atoms with Crippen molar-refractivity contribution in [3.63, 3.8) is 0 Å². The number of benzene rings is 1. The molecule has 3 aromatic rings. The normalized spacial score (nSPS) is 10.8. The van der Waals surface area contributed by atoms with Crippen molar-refractivity contribution in [2.45, 2.75) is 0 Å². The summed E-state index contributed by atoms with van der Waals surface area (Å²) in [6.45, 7) is 0. The summed E-state index contributed by atoms with van der Waals surface area (Å²) in [7, 11) is 0. The molecule has 6 heteroatoms.